The van der Waals surface area contributed by atoms with E-state index < -0.39 is 0 Å². The fourth-order valence-electron chi connectivity index (χ4n) is 2.35. The standard InChI is InChI=1S/C16H17NO3/c18-16(17-7-5-14-2-1-8-19-14)11-12-3-4-13-6-9-20-15(13)10-12/h1-4,8,10H,5-7,9,11H2,(H,17,18). The molecule has 1 N–H and O–H groups in total. The minimum Gasteiger partial charge on any atom is -0.493 e. The smallest absolute Gasteiger partial charge is 0.224 e. The molecule has 0 aliphatic carbocycles. The molecule has 1 aromatic heterocycles. The molecular weight excluding hydrogens is 254 g/mol. The Kier molecular flexibility index (Phi) is 3.72. The van der Waals surface area contributed by atoms with Crippen molar-refractivity contribution in [3.8, 4) is 5.75 Å². The molecule has 4 heteroatoms. The first-order valence-corrected chi connectivity index (χ1v) is 6.85. The van der Waals surface area contributed by atoms with Crippen molar-refractivity contribution in [2.75, 3.05) is 13.2 Å². The number of rotatable bonds is 5. The molecule has 0 saturated carbocycles. The molecule has 3 rings (SSSR count). The molecule has 2 heterocycles. The van der Waals surface area contributed by atoms with Gasteiger partial charge in [-0.25, -0.2) is 0 Å². The maximum absolute atomic E-state index is 11.9. The van der Waals surface area contributed by atoms with E-state index in [1.54, 1.807) is 6.26 Å². The zero-order valence-corrected chi connectivity index (χ0v) is 11.2. The van der Waals surface area contributed by atoms with Crippen LogP contribution in [0.1, 0.15) is 16.9 Å². The maximum Gasteiger partial charge on any atom is 0.224 e. The molecule has 2 aromatic rings. The van der Waals surface area contributed by atoms with Crippen LogP contribution in [0.5, 0.6) is 5.75 Å². The molecule has 0 saturated heterocycles. The molecule has 0 unspecified atom stereocenters. The average molecular weight is 271 g/mol. The summed E-state index contributed by atoms with van der Waals surface area (Å²) in [6, 6.07) is 9.77. The van der Waals surface area contributed by atoms with E-state index in [0.717, 1.165) is 30.1 Å². The van der Waals surface area contributed by atoms with Crippen LogP contribution in [0.3, 0.4) is 0 Å². The molecule has 0 spiro atoms. The average Bonchev–Trinajstić information content (AvgIpc) is 3.08. The Hall–Kier alpha value is -2.23. The number of nitrogens with one attached hydrogen (secondary N) is 1. The number of amides is 1. The van der Waals surface area contributed by atoms with E-state index in [4.69, 9.17) is 9.15 Å². The Morgan fingerprint density at radius 3 is 3.10 bits per heavy atom. The summed E-state index contributed by atoms with van der Waals surface area (Å²) in [5, 5.41) is 2.90. The van der Waals surface area contributed by atoms with E-state index in [9.17, 15) is 4.79 Å². The third kappa shape index (κ3) is 3.02. The van der Waals surface area contributed by atoms with E-state index in [-0.39, 0.29) is 5.91 Å². The summed E-state index contributed by atoms with van der Waals surface area (Å²) < 4.78 is 10.7. The third-order valence-electron chi connectivity index (χ3n) is 3.40. The number of fused-ring (bicyclic) bond motifs is 1. The summed E-state index contributed by atoms with van der Waals surface area (Å²) in [7, 11) is 0. The van der Waals surface area contributed by atoms with Gasteiger partial charge in [-0.15, -0.1) is 0 Å². The Morgan fingerprint density at radius 2 is 2.25 bits per heavy atom. The molecule has 1 amide bonds. The second-order valence-electron chi connectivity index (χ2n) is 4.90. The molecule has 4 nitrogen and oxygen atoms in total. The fourth-order valence-corrected chi connectivity index (χ4v) is 2.35. The summed E-state index contributed by atoms with van der Waals surface area (Å²) in [6.07, 6.45) is 3.70. The van der Waals surface area contributed by atoms with Crippen molar-refractivity contribution in [3.05, 3.63) is 53.5 Å². The minimum absolute atomic E-state index is 0.0227. The van der Waals surface area contributed by atoms with Gasteiger partial charge < -0.3 is 14.5 Å². The summed E-state index contributed by atoms with van der Waals surface area (Å²) in [6.45, 7) is 1.34. The molecule has 1 aliphatic rings. The first-order valence-electron chi connectivity index (χ1n) is 6.85. The number of hydrogen-bond acceptors (Lipinski definition) is 3. The molecule has 0 radical (unpaired) electrons. The molecule has 0 bridgehead atoms. The van der Waals surface area contributed by atoms with Gasteiger partial charge in [0.15, 0.2) is 0 Å². The Balaban J connectivity index is 1.49. The molecule has 1 aromatic carbocycles. The highest BCUT2D eigenvalue weighted by Gasteiger charge is 2.13. The van der Waals surface area contributed by atoms with Gasteiger partial charge >= 0.3 is 0 Å². The molecular formula is C16H17NO3. The zero-order valence-electron chi connectivity index (χ0n) is 11.2. The Bertz CT molecular complexity index is 590. The monoisotopic (exact) mass is 271 g/mol. The van der Waals surface area contributed by atoms with Crippen LogP contribution < -0.4 is 10.1 Å². The largest absolute Gasteiger partial charge is 0.493 e. The summed E-state index contributed by atoms with van der Waals surface area (Å²) in [4.78, 5) is 11.9. The van der Waals surface area contributed by atoms with E-state index in [1.807, 2.05) is 30.3 Å². The van der Waals surface area contributed by atoms with E-state index >= 15 is 0 Å². The number of carbonyl (C=O) groups is 1. The Labute approximate surface area is 117 Å². The molecule has 1 aliphatic heterocycles. The highest BCUT2D eigenvalue weighted by atomic mass is 16.5. The van der Waals surface area contributed by atoms with E-state index in [1.165, 1.54) is 5.56 Å². The summed E-state index contributed by atoms with van der Waals surface area (Å²) in [5.74, 6) is 1.83. The van der Waals surface area contributed by atoms with Gasteiger partial charge in [0.05, 0.1) is 19.3 Å². The van der Waals surface area contributed by atoms with Gasteiger partial charge in [-0.1, -0.05) is 12.1 Å². The van der Waals surface area contributed by atoms with Gasteiger partial charge in [0.2, 0.25) is 5.91 Å². The van der Waals surface area contributed by atoms with Crippen LogP contribution in [0.15, 0.2) is 41.0 Å². The van der Waals surface area contributed by atoms with Gasteiger partial charge in [-0.05, 0) is 29.3 Å². The normalized spacial score (nSPS) is 12.8. The molecule has 104 valence electrons. The highest BCUT2D eigenvalue weighted by Crippen LogP contribution is 2.26. The van der Waals surface area contributed by atoms with Crippen LogP contribution in [0.2, 0.25) is 0 Å². The second-order valence-corrected chi connectivity index (χ2v) is 4.90. The van der Waals surface area contributed by atoms with Crippen LogP contribution in [0.25, 0.3) is 0 Å². The lowest BCUT2D eigenvalue weighted by Gasteiger charge is -2.06. The van der Waals surface area contributed by atoms with Crippen LogP contribution in [0, 0.1) is 0 Å². The van der Waals surface area contributed by atoms with Crippen molar-refractivity contribution in [1.29, 1.82) is 0 Å². The minimum atomic E-state index is 0.0227. The third-order valence-corrected chi connectivity index (χ3v) is 3.40. The number of hydrogen-bond donors (Lipinski definition) is 1. The lowest BCUT2D eigenvalue weighted by Crippen LogP contribution is -2.27. The second kappa shape index (κ2) is 5.82. The van der Waals surface area contributed by atoms with Gasteiger partial charge in [-0.2, -0.15) is 0 Å². The fraction of sp³-hybridized carbons (Fsp3) is 0.312. The van der Waals surface area contributed by atoms with E-state index in [0.29, 0.717) is 19.4 Å². The molecule has 0 fully saturated rings. The summed E-state index contributed by atoms with van der Waals surface area (Å²) >= 11 is 0. The first kappa shape index (κ1) is 12.8. The Morgan fingerprint density at radius 1 is 1.30 bits per heavy atom. The van der Waals surface area contributed by atoms with Gasteiger partial charge in [-0.3, -0.25) is 4.79 Å². The summed E-state index contributed by atoms with van der Waals surface area (Å²) in [5.41, 5.74) is 2.22. The van der Waals surface area contributed by atoms with Crippen molar-refractivity contribution < 1.29 is 13.9 Å². The molecule has 20 heavy (non-hydrogen) atoms. The number of ether oxygens (including phenoxy) is 1. The zero-order chi connectivity index (χ0) is 13.8. The van der Waals surface area contributed by atoms with Gasteiger partial charge in [0.1, 0.15) is 11.5 Å². The number of benzene rings is 1. The lowest BCUT2D eigenvalue weighted by atomic mass is 10.1. The van der Waals surface area contributed by atoms with Gasteiger partial charge in [0, 0.05) is 19.4 Å². The number of carbonyl (C=O) groups excluding carboxylic acids is 1. The predicted octanol–water partition coefficient (Wildman–Crippen LogP) is 2.12. The maximum atomic E-state index is 11.9. The van der Waals surface area contributed by atoms with Crippen molar-refractivity contribution in [2.45, 2.75) is 19.3 Å². The quantitative estimate of drug-likeness (QED) is 0.906. The van der Waals surface area contributed by atoms with Crippen molar-refractivity contribution in [2.24, 2.45) is 0 Å². The van der Waals surface area contributed by atoms with Crippen LogP contribution in [-0.2, 0) is 24.1 Å². The molecule has 0 atom stereocenters. The van der Waals surface area contributed by atoms with Gasteiger partial charge in [0.25, 0.3) is 0 Å². The van der Waals surface area contributed by atoms with Crippen molar-refractivity contribution in [1.82, 2.24) is 5.32 Å². The lowest BCUT2D eigenvalue weighted by molar-refractivity contribution is -0.120. The number of furan rings is 1. The first-order chi connectivity index (χ1) is 9.81. The SMILES string of the molecule is O=C(Cc1ccc2c(c1)OCC2)NCCc1ccco1. The van der Waals surface area contributed by atoms with Crippen LogP contribution in [0.4, 0.5) is 0 Å². The highest BCUT2D eigenvalue weighted by molar-refractivity contribution is 5.78. The van der Waals surface area contributed by atoms with Crippen LogP contribution >= 0.6 is 0 Å². The van der Waals surface area contributed by atoms with Crippen LogP contribution in [-0.4, -0.2) is 19.1 Å². The van der Waals surface area contributed by atoms with Crippen molar-refractivity contribution >= 4 is 5.91 Å². The van der Waals surface area contributed by atoms with E-state index in [2.05, 4.69) is 5.32 Å². The topological polar surface area (TPSA) is 51.5 Å². The van der Waals surface area contributed by atoms with Crippen molar-refractivity contribution in [3.63, 3.8) is 0 Å². The predicted molar refractivity (Wildman–Crippen MR) is 74.8 cm³/mol.